The van der Waals surface area contributed by atoms with Crippen molar-refractivity contribution in [1.82, 2.24) is 9.03 Å². The van der Waals surface area contributed by atoms with Crippen LogP contribution < -0.4 is 10.0 Å². The van der Waals surface area contributed by atoms with Gasteiger partial charge >= 0.3 is 6.18 Å². The first kappa shape index (κ1) is 26.1. The second-order valence-corrected chi connectivity index (χ2v) is 10.4. The first-order valence-electron chi connectivity index (χ1n) is 10.6. The highest BCUT2D eigenvalue weighted by Gasteiger charge is 2.40. The Balaban J connectivity index is 1.61. The van der Waals surface area contributed by atoms with E-state index in [9.17, 15) is 30.8 Å². The minimum Gasteiger partial charge on any atom is -0.325 e. The molecule has 4 rings (SSSR count). The molecule has 12 heteroatoms. The number of halogens is 5. The van der Waals surface area contributed by atoms with Crippen molar-refractivity contribution in [2.45, 2.75) is 24.7 Å². The number of nitrogens with zero attached hydrogens (tertiary/aromatic N) is 1. The monoisotopic (exact) mass is 541 g/mol. The lowest BCUT2D eigenvalue weighted by Crippen LogP contribution is -2.55. The van der Waals surface area contributed by atoms with Crippen molar-refractivity contribution in [1.29, 1.82) is 0 Å². The number of anilines is 1. The Morgan fingerprint density at radius 1 is 1.06 bits per heavy atom. The molecule has 3 aromatic carbocycles. The Hall–Kier alpha value is -2.99. The molecule has 36 heavy (non-hydrogen) atoms. The van der Waals surface area contributed by atoms with E-state index in [-0.39, 0.29) is 17.1 Å². The van der Waals surface area contributed by atoms with Crippen LogP contribution in [0.3, 0.4) is 0 Å². The predicted octanol–water partition coefficient (Wildman–Crippen LogP) is 5.38. The number of benzene rings is 3. The maximum Gasteiger partial charge on any atom is 0.416 e. The lowest BCUT2D eigenvalue weighted by atomic mass is 9.95. The summed E-state index contributed by atoms with van der Waals surface area (Å²) in [5, 5.41) is 2.34. The Morgan fingerprint density at radius 3 is 2.39 bits per heavy atom. The van der Waals surface area contributed by atoms with Crippen LogP contribution in [0.5, 0.6) is 0 Å². The molecule has 0 aromatic heterocycles. The van der Waals surface area contributed by atoms with E-state index in [1.807, 2.05) is 0 Å². The van der Waals surface area contributed by atoms with Gasteiger partial charge in [-0.25, -0.2) is 4.39 Å². The van der Waals surface area contributed by atoms with E-state index in [1.54, 1.807) is 24.3 Å². The van der Waals surface area contributed by atoms with Gasteiger partial charge in [-0.05, 0) is 59.5 Å². The minimum atomic E-state index is -4.51. The highest BCUT2D eigenvalue weighted by molar-refractivity contribution is 7.87. The van der Waals surface area contributed by atoms with Gasteiger partial charge in [0.25, 0.3) is 10.2 Å². The molecule has 0 spiro atoms. The van der Waals surface area contributed by atoms with Crippen molar-refractivity contribution < 1.29 is 30.8 Å². The van der Waals surface area contributed by atoms with Crippen molar-refractivity contribution in [3.05, 3.63) is 88.7 Å². The third-order valence-electron chi connectivity index (χ3n) is 5.87. The molecule has 1 heterocycles. The summed E-state index contributed by atoms with van der Waals surface area (Å²) in [7, 11) is -2.83. The molecule has 2 N–H and O–H groups in total. The van der Waals surface area contributed by atoms with Gasteiger partial charge in [0.1, 0.15) is 11.9 Å². The Kier molecular flexibility index (Phi) is 7.11. The molecule has 0 bridgehead atoms. The molecule has 2 atom stereocenters. The maximum atomic E-state index is 13.4. The fourth-order valence-corrected chi connectivity index (χ4v) is 5.39. The predicted molar refractivity (Wildman–Crippen MR) is 128 cm³/mol. The van der Waals surface area contributed by atoms with Crippen molar-refractivity contribution >= 4 is 33.4 Å². The van der Waals surface area contributed by atoms with E-state index in [4.69, 9.17) is 11.6 Å². The fourth-order valence-electron chi connectivity index (χ4n) is 3.94. The number of carbonyl (C=O) groups is 1. The molecular weight excluding hydrogens is 522 g/mol. The lowest BCUT2D eigenvalue weighted by Gasteiger charge is -2.36. The summed E-state index contributed by atoms with van der Waals surface area (Å²) >= 11 is 5.76. The summed E-state index contributed by atoms with van der Waals surface area (Å²) in [4.78, 5) is 13.0. The van der Waals surface area contributed by atoms with Crippen LogP contribution in [0.15, 0.2) is 66.7 Å². The SMILES string of the molecule is CN1[C@@H](C(=O)Nc2ccc(F)c(Cl)c2)C[C@@H](c2cccc(-c3cccc(C(F)(F)F)c3)c2)NS1(=O)=O. The van der Waals surface area contributed by atoms with Crippen LogP contribution in [0.1, 0.15) is 23.6 Å². The maximum absolute atomic E-state index is 13.4. The Morgan fingerprint density at radius 2 is 1.72 bits per heavy atom. The molecule has 1 saturated heterocycles. The second kappa shape index (κ2) is 9.81. The molecule has 0 unspecified atom stereocenters. The van der Waals surface area contributed by atoms with Crippen molar-refractivity contribution in [3.8, 4) is 11.1 Å². The number of hydrogen-bond acceptors (Lipinski definition) is 3. The molecule has 0 aliphatic carbocycles. The number of rotatable bonds is 4. The largest absolute Gasteiger partial charge is 0.416 e. The minimum absolute atomic E-state index is 0.0303. The first-order chi connectivity index (χ1) is 16.8. The van der Waals surface area contributed by atoms with Gasteiger partial charge in [0.05, 0.1) is 10.6 Å². The Bertz CT molecular complexity index is 1420. The van der Waals surface area contributed by atoms with Crippen LogP contribution in [0.2, 0.25) is 5.02 Å². The van der Waals surface area contributed by atoms with Gasteiger partial charge < -0.3 is 5.32 Å². The first-order valence-corrected chi connectivity index (χ1v) is 12.5. The summed E-state index contributed by atoms with van der Waals surface area (Å²) in [6, 6.07) is 12.9. The van der Waals surface area contributed by atoms with Gasteiger partial charge in [0.2, 0.25) is 5.91 Å². The molecule has 1 aliphatic rings. The average Bonchev–Trinajstić information content (AvgIpc) is 2.82. The van der Waals surface area contributed by atoms with E-state index in [2.05, 4.69) is 10.0 Å². The van der Waals surface area contributed by atoms with Crippen LogP contribution in [-0.2, 0) is 21.2 Å². The zero-order valence-corrected chi connectivity index (χ0v) is 20.3. The number of amides is 1. The summed E-state index contributed by atoms with van der Waals surface area (Å²) in [6.07, 6.45) is -4.48. The molecule has 1 fully saturated rings. The molecule has 6 nitrogen and oxygen atoms in total. The highest BCUT2D eigenvalue weighted by Crippen LogP contribution is 2.34. The smallest absolute Gasteiger partial charge is 0.325 e. The molecule has 0 radical (unpaired) electrons. The third kappa shape index (κ3) is 5.54. The van der Waals surface area contributed by atoms with Gasteiger partial charge in [-0.2, -0.15) is 30.6 Å². The number of likely N-dealkylation sites (N-methyl/N-ethyl adjacent to an activating group) is 1. The zero-order chi connectivity index (χ0) is 26.3. The quantitative estimate of drug-likeness (QED) is 0.435. The van der Waals surface area contributed by atoms with Gasteiger partial charge in [-0.15, -0.1) is 0 Å². The van der Waals surface area contributed by atoms with E-state index >= 15 is 0 Å². The van der Waals surface area contributed by atoms with Gasteiger partial charge in [-0.3, -0.25) is 4.79 Å². The molecule has 3 aromatic rings. The van der Waals surface area contributed by atoms with Crippen LogP contribution >= 0.6 is 11.6 Å². The van der Waals surface area contributed by atoms with Crippen molar-refractivity contribution in [3.63, 3.8) is 0 Å². The van der Waals surface area contributed by atoms with Gasteiger partial charge in [0, 0.05) is 18.8 Å². The van der Waals surface area contributed by atoms with Crippen LogP contribution in [-0.4, -0.2) is 31.7 Å². The zero-order valence-electron chi connectivity index (χ0n) is 18.7. The molecule has 1 amide bonds. The standard InChI is InChI=1S/C24H20ClF4N3O3S/c1-32-22(23(33)30-18-8-9-20(26)19(25)12-18)13-21(31-36(32,34)35)16-6-2-4-14(10-16)15-5-3-7-17(11-15)24(27,28)29/h2-12,21-22,31H,13H2,1H3,(H,30,33)/t21-,22+/m0/s1. The summed E-state index contributed by atoms with van der Waals surface area (Å²) in [5.74, 6) is -1.32. The summed E-state index contributed by atoms with van der Waals surface area (Å²) < 4.78 is 81.8. The molecule has 1 aliphatic heterocycles. The van der Waals surface area contributed by atoms with E-state index in [0.717, 1.165) is 22.5 Å². The van der Waals surface area contributed by atoms with E-state index in [1.165, 1.54) is 31.3 Å². The van der Waals surface area contributed by atoms with Crippen LogP contribution in [0.4, 0.5) is 23.2 Å². The lowest BCUT2D eigenvalue weighted by molar-refractivity contribution is -0.137. The van der Waals surface area contributed by atoms with E-state index < -0.39 is 45.8 Å². The van der Waals surface area contributed by atoms with Crippen molar-refractivity contribution in [2.75, 3.05) is 12.4 Å². The normalized spacial score (nSPS) is 20.2. The third-order valence-corrected chi connectivity index (χ3v) is 7.75. The molecule has 190 valence electrons. The highest BCUT2D eigenvalue weighted by atomic mass is 35.5. The molecular formula is C24H20ClF4N3O3S. The Labute approximate surface area is 210 Å². The number of carbonyl (C=O) groups excluding carboxylic acids is 1. The van der Waals surface area contributed by atoms with E-state index in [0.29, 0.717) is 16.7 Å². The number of hydrogen-bond donors (Lipinski definition) is 2. The summed E-state index contributed by atoms with van der Waals surface area (Å²) in [6.45, 7) is 0. The average molecular weight is 542 g/mol. The van der Waals surface area contributed by atoms with Crippen LogP contribution in [0, 0.1) is 5.82 Å². The van der Waals surface area contributed by atoms with Crippen molar-refractivity contribution in [2.24, 2.45) is 0 Å². The fraction of sp³-hybridized carbons (Fsp3) is 0.208. The van der Waals surface area contributed by atoms with Gasteiger partial charge in [0.15, 0.2) is 0 Å². The second-order valence-electron chi connectivity index (χ2n) is 8.27. The topological polar surface area (TPSA) is 78.5 Å². The molecule has 0 saturated carbocycles. The van der Waals surface area contributed by atoms with Gasteiger partial charge in [-0.1, -0.05) is 41.9 Å². The number of nitrogens with one attached hydrogen (secondary N) is 2. The van der Waals surface area contributed by atoms with Crippen LogP contribution in [0.25, 0.3) is 11.1 Å². The number of alkyl halides is 3. The summed E-state index contributed by atoms with van der Waals surface area (Å²) in [5.41, 5.74) is 0.634.